The van der Waals surface area contributed by atoms with Gasteiger partial charge in [0.15, 0.2) is 0 Å². The standard InChI is InChI=1S/C12H21N3O/c1-3-15(9-10(2)8-13)11(16)12(14)6-4-5-7-12/h10H,3-7,9,14H2,1-2H3. The van der Waals surface area contributed by atoms with Gasteiger partial charge in [-0.25, -0.2) is 0 Å². The van der Waals surface area contributed by atoms with Gasteiger partial charge in [0.1, 0.15) is 0 Å². The van der Waals surface area contributed by atoms with E-state index in [2.05, 4.69) is 6.07 Å². The van der Waals surface area contributed by atoms with Crippen LogP contribution in [0.4, 0.5) is 0 Å². The van der Waals surface area contributed by atoms with E-state index >= 15 is 0 Å². The van der Waals surface area contributed by atoms with E-state index in [0.29, 0.717) is 13.1 Å². The molecule has 4 nitrogen and oxygen atoms in total. The van der Waals surface area contributed by atoms with Crippen LogP contribution in [0, 0.1) is 17.2 Å². The highest BCUT2D eigenvalue weighted by molar-refractivity contribution is 5.86. The molecule has 90 valence electrons. The van der Waals surface area contributed by atoms with Crippen LogP contribution < -0.4 is 5.73 Å². The van der Waals surface area contributed by atoms with Crippen LogP contribution in [0.3, 0.4) is 0 Å². The van der Waals surface area contributed by atoms with Crippen LogP contribution in [-0.4, -0.2) is 29.4 Å². The number of nitrogens with zero attached hydrogens (tertiary/aromatic N) is 2. The van der Waals surface area contributed by atoms with Gasteiger partial charge in [-0.3, -0.25) is 4.79 Å². The summed E-state index contributed by atoms with van der Waals surface area (Å²) in [6, 6.07) is 2.15. The van der Waals surface area contributed by atoms with Gasteiger partial charge in [-0.05, 0) is 26.7 Å². The third-order valence-corrected chi connectivity index (χ3v) is 3.31. The van der Waals surface area contributed by atoms with E-state index in [0.717, 1.165) is 25.7 Å². The van der Waals surface area contributed by atoms with E-state index in [-0.39, 0.29) is 11.8 Å². The average molecular weight is 223 g/mol. The predicted octanol–water partition coefficient (Wildman–Crippen LogP) is 1.27. The Morgan fingerprint density at radius 2 is 2.12 bits per heavy atom. The predicted molar refractivity (Wildman–Crippen MR) is 62.4 cm³/mol. The molecule has 0 aromatic rings. The van der Waals surface area contributed by atoms with Gasteiger partial charge in [0.2, 0.25) is 5.91 Å². The minimum Gasteiger partial charge on any atom is -0.340 e. The van der Waals surface area contributed by atoms with Gasteiger partial charge < -0.3 is 10.6 Å². The SMILES string of the molecule is CCN(CC(C)C#N)C(=O)C1(N)CCCC1. The molecule has 1 aliphatic carbocycles. The van der Waals surface area contributed by atoms with Gasteiger partial charge in [0.25, 0.3) is 0 Å². The fraction of sp³-hybridized carbons (Fsp3) is 0.833. The van der Waals surface area contributed by atoms with Crippen molar-refractivity contribution < 1.29 is 4.79 Å². The summed E-state index contributed by atoms with van der Waals surface area (Å²) in [5.74, 6) is -0.108. The molecular weight excluding hydrogens is 202 g/mol. The van der Waals surface area contributed by atoms with Crippen molar-refractivity contribution in [3.63, 3.8) is 0 Å². The molecule has 0 aromatic heterocycles. The highest BCUT2D eigenvalue weighted by Gasteiger charge is 2.39. The lowest BCUT2D eigenvalue weighted by atomic mass is 9.96. The maximum Gasteiger partial charge on any atom is 0.242 e. The maximum absolute atomic E-state index is 12.2. The summed E-state index contributed by atoms with van der Waals surface area (Å²) in [7, 11) is 0. The molecular formula is C12H21N3O. The van der Waals surface area contributed by atoms with E-state index < -0.39 is 5.54 Å². The van der Waals surface area contributed by atoms with Gasteiger partial charge >= 0.3 is 0 Å². The van der Waals surface area contributed by atoms with E-state index in [1.54, 1.807) is 4.90 Å². The van der Waals surface area contributed by atoms with Crippen LogP contribution in [0.25, 0.3) is 0 Å². The van der Waals surface area contributed by atoms with Gasteiger partial charge in [-0.1, -0.05) is 12.8 Å². The second kappa shape index (κ2) is 5.31. The van der Waals surface area contributed by atoms with E-state index in [4.69, 9.17) is 11.0 Å². The fourth-order valence-corrected chi connectivity index (χ4v) is 2.26. The zero-order chi connectivity index (χ0) is 12.2. The Morgan fingerprint density at radius 1 is 1.56 bits per heavy atom. The first-order valence-corrected chi connectivity index (χ1v) is 6.01. The molecule has 0 bridgehead atoms. The molecule has 1 amide bonds. The Morgan fingerprint density at radius 3 is 2.56 bits per heavy atom. The van der Waals surface area contributed by atoms with Gasteiger partial charge in [0.05, 0.1) is 17.5 Å². The third kappa shape index (κ3) is 2.73. The van der Waals surface area contributed by atoms with Crippen molar-refractivity contribution in [2.24, 2.45) is 11.7 Å². The Hall–Kier alpha value is -1.08. The summed E-state index contributed by atoms with van der Waals surface area (Å²) < 4.78 is 0. The zero-order valence-corrected chi connectivity index (χ0v) is 10.2. The molecule has 1 unspecified atom stereocenters. The highest BCUT2D eigenvalue weighted by Crippen LogP contribution is 2.29. The van der Waals surface area contributed by atoms with Crippen molar-refractivity contribution >= 4 is 5.91 Å². The van der Waals surface area contributed by atoms with Crippen LogP contribution in [0.15, 0.2) is 0 Å². The third-order valence-electron chi connectivity index (χ3n) is 3.31. The van der Waals surface area contributed by atoms with Crippen LogP contribution in [0.1, 0.15) is 39.5 Å². The van der Waals surface area contributed by atoms with Crippen molar-refractivity contribution in [2.75, 3.05) is 13.1 Å². The molecule has 0 saturated heterocycles. The van der Waals surface area contributed by atoms with Gasteiger partial charge in [0, 0.05) is 13.1 Å². The van der Waals surface area contributed by atoms with Gasteiger partial charge in [-0.15, -0.1) is 0 Å². The lowest BCUT2D eigenvalue weighted by molar-refractivity contribution is -0.137. The largest absolute Gasteiger partial charge is 0.340 e. The lowest BCUT2D eigenvalue weighted by Gasteiger charge is -2.31. The Balaban J connectivity index is 2.66. The summed E-state index contributed by atoms with van der Waals surface area (Å²) in [5, 5.41) is 8.77. The summed E-state index contributed by atoms with van der Waals surface area (Å²) in [6.07, 6.45) is 3.63. The van der Waals surface area contributed by atoms with E-state index in [1.807, 2.05) is 13.8 Å². The number of carbonyl (C=O) groups excluding carboxylic acids is 1. The molecule has 4 heteroatoms. The number of likely N-dealkylation sites (N-methyl/N-ethyl adjacent to an activating group) is 1. The fourth-order valence-electron chi connectivity index (χ4n) is 2.26. The number of nitrogens with two attached hydrogens (primary N) is 1. The van der Waals surface area contributed by atoms with Crippen LogP contribution in [0.5, 0.6) is 0 Å². The van der Waals surface area contributed by atoms with E-state index in [1.165, 1.54) is 0 Å². The van der Waals surface area contributed by atoms with E-state index in [9.17, 15) is 4.79 Å². The number of hydrogen-bond acceptors (Lipinski definition) is 3. The average Bonchev–Trinajstić information content (AvgIpc) is 2.73. The molecule has 0 radical (unpaired) electrons. The number of carbonyl (C=O) groups is 1. The summed E-state index contributed by atoms with van der Waals surface area (Å²) in [5.41, 5.74) is 5.46. The monoisotopic (exact) mass is 223 g/mol. The summed E-state index contributed by atoms with van der Waals surface area (Å²) >= 11 is 0. The molecule has 16 heavy (non-hydrogen) atoms. The van der Waals surface area contributed by atoms with Crippen molar-refractivity contribution in [3.8, 4) is 6.07 Å². The Bertz CT molecular complexity index is 289. The molecule has 1 rings (SSSR count). The lowest BCUT2D eigenvalue weighted by Crippen LogP contribution is -2.54. The molecule has 0 heterocycles. The number of nitriles is 1. The first kappa shape index (κ1) is 13.0. The molecule has 0 spiro atoms. The van der Waals surface area contributed by atoms with Crippen molar-refractivity contribution in [3.05, 3.63) is 0 Å². The van der Waals surface area contributed by atoms with Crippen molar-refractivity contribution in [1.29, 1.82) is 5.26 Å². The molecule has 1 saturated carbocycles. The molecule has 0 aromatic carbocycles. The molecule has 1 fully saturated rings. The van der Waals surface area contributed by atoms with Crippen LogP contribution in [0.2, 0.25) is 0 Å². The maximum atomic E-state index is 12.2. The van der Waals surface area contributed by atoms with Crippen molar-refractivity contribution in [2.45, 2.75) is 45.1 Å². The minimum atomic E-state index is -0.662. The number of rotatable bonds is 4. The number of hydrogen-bond donors (Lipinski definition) is 1. The molecule has 1 atom stereocenters. The van der Waals surface area contributed by atoms with Crippen molar-refractivity contribution in [1.82, 2.24) is 4.90 Å². The molecule has 1 aliphatic rings. The Labute approximate surface area is 97.4 Å². The quantitative estimate of drug-likeness (QED) is 0.780. The minimum absolute atomic E-state index is 0.0228. The van der Waals surface area contributed by atoms with Gasteiger partial charge in [-0.2, -0.15) is 5.26 Å². The van der Waals surface area contributed by atoms with Crippen LogP contribution in [-0.2, 0) is 4.79 Å². The summed E-state index contributed by atoms with van der Waals surface area (Å²) in [4.78, 5) is 14.0. The second-order valence-corrected chi connectivity index (χ2v) is 4.74. The smallest absolute Gasteiger partial charge is 0.242 e. The first-order valence-electron chi connectivity index (χ1n) is 6.01. The normalized spacial score (nSPS) is 20.1. The molecule has 2 N–H and O–H groups in total. The molecule has 0 aliphatic heterocycles. The summed E-state index contributed by atoms with van der Waals surface area (Å²) in [6.45, 7) is 4.88. The number of amides is 1. The zero-order valence-electron chi connectivity index (χ0n) is 10.2. The second-order valence-electron chi connectivity index (χ2n) is 4.74. The topological polar surface area (TPSA) is 70.1 Å². The highest BCUT2D eigenvalue weighted by atomic mass is 16.2. The Kier molecular flexibility index (Phi) is 4.31. The van der Waals surface area contributed by atoms with Crippen LogP contribution >= 0.6 is 0 Å². The first-order chi connectivity index (χ1) is 7.53.